The van der Waals surface area contributed by atoms with E-state index in [4.69, 9.17) is 15.7 Å². The number of ether oxygens (including phenoxy) is 1. The Hall–Kier alpha value is -2.08. The molecule has 0 bridgehead atoms. The fraction of sp³-hybridized carbons (Fsp3) is 0.429. The number of methoxy groups -OCH3 is 1. The van der Waals surface area contributed by atoms with Crippen LogP contribution in [0.1, 0.15) is 37.1 Å². The van der Waals surface area contributed by atoms with Gasteiger partial charge in [-0.2, -0.15) is 0 Å². The van der Waals surface area contributed by atoms with Crippen LogP contribution < -0.4 is 5.73 Å². The summed E-state index contributed by atoms with van der Waals surface area (Å²) in [5, 5.41) is 11.6. The first-order valence-electron chi connectivity index (χ1n) is 6.41. The van der Waals surface area contributed by atoms with E-state index in [1.165, 1.54) is 0 Å². The number of amides is 1. The molecule has 0 saturated heterocycles. The number of nitrogens with two attached hydrogens (primary N) is 1. The number of hydrogen-bond acceptors (Lipinski definition) is 4. The van der Waals surface area contributed by atoms with Crippen molar-refractivity contribution in [3.63, 3.8) is 0 Å². The molecule has 20 heavy (non-hydrogen) atoms. The fourth-order valence-corrected chi connectivity index (χ4v) is 1.92. The van der Waals surface area contributed by atoms with E-state index in [9.17, 15) is 4.79 Å². The van der Waals surface area contributed by atoms with E-state index in [0.29, 0.717) is 12.0 Å². The van der Waals surface area contributed by atoms with Gasteiger partial charge in [0.1, 0.15) is 0 Å². The van der Waals surface area contributed by atoms with Crippen molar-refractivity contribution in [1.82, 2.24) is 4.90 Å². The van der Waals surface area contributed by atoms with Crippen molar-refractivity contribution in [2.24, 2.45) is 10.9 Å². The van der Waals surface area contributed by atoms with E-state index in [2.05, 4.69) is 5.16 Å². The number of nitrogens with zero attached hydrogens (tertiary/aromatic N) is 2. The molecule has 0 aliphatic heterocycles. The molecule has 110 valence electrons. The minimum absolute atomic E-state index is 0.0276. The van der Waals surface area contributed by atoms with Crippen molar-refractivity contribution < 1.29 is 14.7 Å². The first-order chi connectivity index (χ1) is 9.54. The Morgan fingerprint density at radius 1 is 1.45 bits per heavy atom. The van der Waals surface area contributed by atoms with Gasteiger partial charge in [-0.05, 0) is 6.42 Å². The molecule has 1 atom stereocenters. The van der Waals surface area contributed by atoms with Crippen molar-refractivity contribution in [2.45, 2.75) is 26.0 Å². The van der Waals surface area contributed by atoms with Crippen LogP contribution in [0.25, 0.3) is 0 Å². The van der Waals surface area contributed by atoms with Gasteiger partial charge < -0.3 is 20.6 Å². The maximum atomic E-state index is 11.9. The number of amidine groups is 1. The van der Waals surface area contributed by atoms with E-state index in [1.807, 2.05) is 6.92 Å². The Morgan fingerprint density at radius 2 is 2.05 bits per heavy atom. The molecule has 0 aliphatic carbocycles. The lowest BCUT2D eigenvalue weighted by atomic mass is 10.1. The topological polar surface area (TPSA) is 88.2 Å². The van der Waals surface area contributed by atoms with Crippen LogP contribution in [0.2, 0.25) is 0 Å². The lowest BCUT2D eigenvalue weighted by Gasteiger charge is -2.27. The third-order valence-corrected chi connectivity index (χ3v) is 3.03. The van der Waals surface area contributed by atoms with E-state index in [1.54, 1.807) is 43.3 Å². The maximum Gasteiger partial charge on any atom is 0.224 e. The normalized spacial score (nSPS) is 13.1. The zero-order valence-electron chi connectivity index (χ0n) is 12.0. The zero-order valence-corrected chi connectivity index (χ0v) is 12.0. The predicted molar refractivity (Wildman–Crippen MR) is 76.4 cm³/mol. The third-order valence-electron chi connectivity index (χ3n) is 3.03. The van der Waals surface area contributed by atoms with Crippen molar-refractivity contribution in [1.29, 1.82) is 0 Å². The van der Waals surface area contributed by atoms with Gasteiger partial charge in [0.25, 0.3) is 0 Å². The highest BCUT2D eigenvalue weighted by molar-refractivity contribution is 5.96. The smallest absolute Gasteiger partial charge is 0.224 e. The van der Waals surface area contributed by atoms with E-state index in [0.717, 1.165) is 12.0 Å². The summed E-state index contributed by atoms with van der Waals surface area (Å²) in [6.07, 6.45) is 0.830. The van der Waals surface area contributed by atoms with Gasteiger partial charge in [0.2, 0.25) is 5.91 Å². The lowest BCUT2D eigenvalue weighted by molar-refractivity contribution is -0.141. The first kappa shape index (κ1) is 16.0. The molecular weight excluding hydrogens is 258 g/mol. The van der Waals surface area contributed by atoms with Crippen LogP contribution in [0.3, 0.4) is 0 Å². The molecule has 0 aromatic heterocycles. The van der Waals surface area contributed by atoms with Gasteiger partial charge in [-0.1, -0.05) is 36.3 Å². The van der Waals surface area contributed by atoms with Gasteiger partial charge in [0, 0.05) is 31.7 Å². The Labute approximate surface area is 118 Å². The standard InChI is InChI=1S/C14H21N3O3/c1-4-5-12(18)17(2)14(20-3)11-8-6-10(7-9-11)13(15)16-19/h6-9,14,19H,4-5H2,1-3H3,(H2,15,16). The van der Waals surface area contributed by atoms with Gasteiger partial charge in [-0.15, -0.1) is 0 Å². The van der Waals surface area contributed by atoms with Crippen LogP contribution in [-0.2, 0) is 9.53 Å². The summed E-state index contributed by atoms with van der Waals surface area (Å²) in [5.74, 6) is 0.0702. The van der Waals surface area contributed by atoms with Crippen LogP contribution in [0.4, 0.5) is 0 Å². The molecule has 1 aromatic rings. The highest BCUT2D eigenvalue weighted by atomic mass is 16.5. The number of carbonyl (C=O) groups is 1. The van der Waals surface area contributed by atoms with Crippen molar-refractivity contribution in [3.8, 4) is 0 Å². The maximum absolute atomic E-state index is 11.9. The predicted octanol–water partition coefficient (Wildman–Crippen LogP) is 1.68. The highest BCUT2D eigenvalue weighted by Crippen LogP contribution is 2.21. The Kier molecular flexibility index (Phi) is 5.99. The largest absolute Gasteiger partial charge is 0.409 e. The monoisotopic (exact) mass is 279 g/mol. The van der Waals surface area contributed by atoms with Gasteiger partial charge in [0.15, 0.2) is 12.1 Å². The summed E-state index contributed by atoms with van der Waals surface area (Å²) < 4.78 is 5.39. The number of hydrogen-bond donors (Lipinski definition) is 2. The third kappa shape index (κ3) is 3.71. The summed E-state index contributed by atoms with van der Waals surface area (Å²) >= 11 is 0. The number of carbonyl (C=O) groups excluding carboxylic acids is 1. The zero-order chi connectivity index (χ0) is 15.1. The average molecular weight is 279 g/mol. The van der Waals surface area contributed by atoms with Crippen molar-refractivity contribution in [3.05, 3.63) is 35.4 Å². The number of rotatable bonds is 6. The number of oxime groups is 1. The summed E-state index contributed by atoms with van der Waals surface area (Å²) in [4.78, 5) is 13.5. The minimum atomic E-state index is -0.449. The lowest BCUT2D eigenvalue weighted by Crippen LogP contribution is -2.32. The molecule has 1 aromatic carbocycles. The Bertz CT molecular complexity index is 471. The second-order valence-electron chi connectivity index (χ2n) is 4.45. The summed E-state index contributed by atoms with van der Waals surface area (Å²) in [5.41, 5.74) is 6.94. The van der Waals surface area contributed by atoms with Crippen molar-refractivity contribution in [2.75, 3.05) is 14.2 Å². The molecule has 6 heteroatoms. The second-order valence-corrected chi connectivity index (χ2v) is 4.45. The summed E-state index contributed by atoms with van der Waals surface area (Å²) in [7, 11) is 3.27. The molecule has 1 rings (SSSR count). The van der Waals surface area contributed by atoms with E-state index < -0.39 is 6.23 Å². The van der Waals surface area contributed by atoms with E-state index >= 15 is 0 Å². The quantitative estimate of drug-likeness (QED) is 0.273. The van der Waals surface area contributed by atoms with Crippen LogP contribution in [0.15, 0.2) is 29.4 Å². The molecule has 0 radical (unpaired) electrons. The molecule has 1 amide bonds. The molecule has 1 unspecified atom stereocenters. The summed E-state index contributed by atoms with van der Waals surface area (Å²) in [6.45, 7) is 1.96. The molecule has 0 aliphatic rings. The van der Waals surface area contributed by atoms with Gasteiger partial charge >= 0.3 is 0 Å². The molecular formula is C14H21N3O3. The molecule has 0 spiro atoms. The van der Waals surface area contributed by atoms with Gasteiger partial charge in [-0.3, -0.25) is 4.79 Å². The molecule has 0 saturated carbocycles. The molecule has 6 nitrogen and oxygen atoms in total. The SMILES string of the molecule is CCCC(=O)N(C)C(OC)c1ccc(/C(N)=N/O)cc1. The van der Waals surface area contributed by atoms with Crippen LogP contribution in [-0.4, -0.2) is 36.0 Å². The summed E-state index contributed by atoms with van der Waals surface area (Å²) in [6, 6.07) is 7.01. The molecule has 0 fully saturated rings. The average Bonchev–Trinajstić information content (AvgIpc) is 2.48. The van der Waals surface area contributed by atoms with Crippen molar-refractivity contribution >= 4 is 11.7 Å². The van der Waals surface area contributed by atoms with Crippen LogP contribution in [0, 0.1) is 0 Å². The second kappa shape index (κ2) is 7.49. The van der Waals surface area contributed by atoms with E-state index in [-0.39, 0.29) is 11.7 Å². The van der Waals surface area contributed by atoms with Crippen LogP contribution in [0.5, 0.6) is 0 Å². The highest BCUT2D eigenvalue weighted by Gasteiger charge is 2.20. The van der Waals surface area contributed by atoms with Gasteiger partial charge in [-0.25, -0.2) is 0 Å². The number of benzene rings is 1. The Morgan fingerprint density at radius 3 is 2.50 bits per heavy atom. The minimum Gasteiger partial charge on any atom is -0.409 e. The fourth-order valence-electron chi connectivity index (χ4n) is 1.92. The molecule has 3 N–H and O–H groups in total. The molecule has 0 heterocycles. The van der Waals surface area contributed by atoms with Crippen LogP contribution >= 0.6 is 0 Å². The first-order valence-corrected chi connectivity index (χ1v) is 6.41. The Balaban J connectivity index is 2.93. The van der Waals surface area contributed by atoms with Gasteiger partial charge in [0.05, 0.1) is 0 Å².